The zero-order chi connectivity index (χ0) is 24.7. The number of hydrogen-bond acceptors (Lipinski definition) is 0. The van der Waals surface area contributed by atoms with E-state index in [0.717, 1.165) is 18.4 Å². The Balaban J connectivity index is 0.000000267. The first-order valence-corrected chi connectivity index (χ1v) is 13.3. The molecule has 0 radical (unpaired) electrons. The molecule has 0 N–H and O–H groups in total. The minimum absolute atomic E-state index is 0. The fraction of sp³-hybridized carbons (Fsp3) is 0.281. The molecule has 0 aromatic heterocycles. The van der Waals surface area contributed by atoms with Gasteiger partial charge in [-0.25, -0.2) is 5.57 Å². The Hall–Kier alpha value is -1.60. The van der Waals surface area contributed by atoms with Crippen molar-refractivity contribution in [2.45, 2.75) is 47.5 Å². The van der Waals surface area contributed by atoms with E-state index in [1.165, 1.54) is 69.8 Å². The minimum atomic E-state index is -0.170. The molecule has 2 aliphatic carbocycles. The quantitative estimate of drug-likeness (QED) is 0.311. The van der Waals surface area contributed by atoms with E-state index in [-0.39, 0.29) is 30.6 Å². The van der Waals surface area contributed by atoms with E-state index in [9.17, 15) is 4.39 Å². The molecule has 0 aliphatic heterocycles. The van der Waals surface area contributed by atoms with Crippen molar-refractivity contribution in [1.29, 1.82) is 0 Å². The zero-order valence-electron chi connectivity index (χ0n) is 21.6. The van der Waals surface area contributed by atoms with Crippen LogP contribution in [0.3, 0.4) is 0 Å². The van der Waals surface area contributed by atoms with Crippen LogP contribution in [-0.2, 0) is 30.7 Å². The van der Waals surface area contributed by atoms with E-state index in [4.69, 9.17) is 0 Å². The molecule has 0 heterocycles. The van der Waals surface area contributed by atoms with Crippen LogP contribution in [0.15, 0.2) is 84.0 Å². The van der Waals surface area contributed by atoms with Crippen LogP contribution in [0.2, 0.25) is 0 Å². The summed E-state index contributed by atoms with van der Waals surface area (Å²) in [5.74, 6) is 0.352. The van der Waals surface area contributed by atoms with Gasteiger partial charge >= 0.3 is 68.0 Å². The molecule has 3 aromatic rings. The van der Waals surface area contributed by atoms with Crippen molar-refractivity contribution in [1.82, 2.24) is 0 Å². The van der Waals surface area contributed by atoms with Crippen molar-refractivity contribution in [3.05, 3.63) is 119 Å². The minimum Gasteiger partial charge on any atom is -1.00 e. The van der Waals surface area contributed by atoms with Gasteiger partial charge in [-0.05, 0) is 6.42 Å². The maximum Gasteiger partial charge on any atom is -0.0253 e. The second kappa shape index (κ2) is 15.0. The molecule has 5 rings (SSSR count). The van der Waals surface area contributed by atoms with Crippen molar-refractivity contribution >= 4 is 3.71 Å². The summed E-state index contributed by atoms with van der Waals surface area (Å²) in [7, 11) is 0. The summed E-state index contributed by atoms with van der Waals surface area (Å²) in [4.78, 5) is 0. The Bertz CT molecular complexity index is 1140. The van der Waals surface area contributed by atoms with E-state index in [2.05, 4.69) is 89.2 Å². The summed E-state index contributed by atoms with van der Waals surface area (Å²) in [5, 5.41) is 0. The van der Waals surface area contributed by atoms with Crippen LogP contribution in [0.1, 0.15) is 57.7 Å². The van der Waals surface area contributed by atoms with Gasteiger partial charge in [0.15, 0.2) is 0 Å². The summed E-state index contributed by atoms with van der Waals surface area (Å²) in [5.41, 5.74) is 9.82. The van der Waals surface area contributed by atoms with Crippen LogP contribution >= 0.6 is 0 Å². The molecule has 0 nitrogen and oxygen atoms in total. The molecule has 0 saturated carbocycles. The molecule has 1 unspecified atom stereocenters. The predicted octanol–water partition coefficient (Wildman–Crippen LogP) is 2.34. The average Bonchev–Trinajstić information content (AvgIpc) is 3.41. The van der Waals surface area contributed by atoms with Crippen LogP contribution in [0.5, 0.6) is 0 Å². The predicted molar refractivity (Wildman–Crippen MR) is 139 cm³/mol. The fourth-order valence-corrected chi connectivity index (χ4v) is 4.77. The Morgan fingerprint density at radius 1 is 0.972 bits per heavy atom. The van der Waals surface area contributed by atoms with Gasteiger partial charge in [0.05, 0.1) is 0 Å². The van der Waals surface area contributed by atoms with Crippen LogP contribution in [0.4, 0.5) is 4.39 Å². The first-order chi connectivity index (χ1) is 16.2. The number of rotatable bonds is 2. The SMILES string of the molecule is CCC1=[C-]C(C)C=C1C(C)(C)C.Fc1ccc([CH]=[Zr+2])cc1.[Cl-].[Cl-].[c-]1cccc2c1Cc1ccccc1-2. The molecule has 4 heteroatoms. The van der Waals surface area contributed by atoms with Gasteiger partial charge in [-0.15, -0.1) is 5.56 Å². The molecule has 0 saturated heterocycles. The van der Waals surface area contributed by atoms with Gasteiger partial charge in [0.25, 0.3) is 0 Å². The van der Waals surface area contributed by atoms with E-state index >= 15 is 0 Å². The third-order valence-corrected chi connectivity index (χ3v) is 6.78. The summed E-state index contributed by atoms with van der Waals surface area (Å²) in [6.07, 6.45) is 8.00. The largest absolute Gasteiger partial charge is 1.00 e. The summed E-state index contributed by atoms with van der Waals surface area (Å²) in [6, 6.07) is 24.6. The molecule has 36 heavy (non-hydrogen) atoms. The van der Waals surface area contributed by atoms with E-state index in [0.29, 0.717) is 11.3 Å². The van der Waals surface area contributed by atoms with Crippen LogP contribution in [-0.4, -0.2) is 3.71 Å². The van der Waals surface area contributed by atoms with Crippen molar-refractivity contribution in [3.8, 4) is 11.1 Å². The van der Waals surface area contributed by atoms with Crippen LogP contribution in [0.25, 0.3) is 11.1 Å². The first-order valence-electron chi connectivity index (χ1n) is 11.9. The van der Waals surface area contributed by atoms with Gasteiger partial charge < -0.3 is 24.8 Å². The topological polar surface area (TPSA) is 0 Å². The molecule has 0 fully saturated rings. The smallest absolute Gasteiger partial charge is 0.0253 e. The van der Waals surface area contributed by atoms with Crippen molar-refractivity contribution in [3.63, 3.8) is 0 Å². The second-order valence-corrected chi connectivity index (χ2v) is 10.4. The van der Waals surface area contributed by atoms with E-state index in [1.54, 1.807) is 12.1 Å². The number of hydrogen-bond donors (Lipinski definition) is 0. The van der Waals surface area contributed by atoms with Gasteiger partial charge in [-0.3, -0.25) is 6.08 Å². The summed E-state index contributed by atoms with van der Waals surface area (Å²) >= 11 is 1.34. The van der Waals surface area contributed by atoms with Crippen molar-refractivity contribution in [2.24, 2.45) is 11.3 Å². The Labute approximate surface area is 244 Å². The Morgan fingerprint density at radius 2 is 1.61 bits per heavy atom. The van der Waals surface area contributed by atoms with Gasteiger partial charge in [-0.2, -0.15) is 41.5 Å². The third kappa shape index (κ3) is 8.76. The maximum atomic E-state index is 12.2. The third-order valence-electron chi connectivity index (χ3n) is 5.96. The molecule has 3 aromatic carbocycles. The number of fused-ring (bicyclic) bond motifs is 3. The monoisotopic (exact) mass is 596 g/mol. The van der Waals surface area contributed by atoms with E-state index in [1.807, 2.05) is 9.78 Å². The Morgan fingerprint density at radius 3 is 2.19 bits per heavy atom. The summed E-state index contributed by atoms with van der Waals surface area (Å²) < 4.78 is 14.2. The summed E-state index contributed by atoms with van der Waals surface area (Å²) in [6.45, 7) is 11.2. The van der Waals surface area contributed by atoms with E-state index < -0.39 is 0 Å². The van der Waals surface area contributed by atoms with Crippen LogP contribution < -0.4 is 24.8 Å². The molecule has 1 atom stereocenters. The molecular weight excluding hydrogens is 565 g/mol. The zero-order valence-corrected chi connectivity index (χ0v) is 25.6. The van der Waals surface area contributed by atoms with Crippen molar-refractivity contribution in [2.75, 3.05) is 0 Å². The van der Waals surface area contributed by atoms with Gasteiger partial charge in [0.2, 0.25) is 0 Å². The molecule has 0 amide bonds. The molecular formula is C32H33Cl2FZr-2. The fourth-order valence-electron chi connectivity index (χ4n) is 4.30. The van der Waals surface area contributed by atoms with Gasteiger partial charge in [-0.1, -0.05) is 87.8 Å². The molecule has 0 bridgehead atoms. The first kappa shape index (κ1) is 32.4. The number of benzene rings is 3. The van der Waals surface area contributed by atoms with Gasteiger partial charge in [0, 0.05) is 0 Å². The standard InChI is InChI=1S/C13H9.C12H19.C7H5F.2ClH.Zr/c1-3-7-12-10(5-1)9-11-6-2-4-8-13(11)12;1-6-10-7-9(2)8-11(10)12(3,4)5;1-6-2-4-7(8)5-3-6;;;/h1-5,7-8H,9H2;8-9H,6H2,1-5H3;1-5H;2*1H;/q2*-1;;;;+2/p-2. The van der Waals surface area contributed by atoms with Gasteiger partial charge in [0.1, 0.15) is 0 Å². The molecule has 188 valence electrons. The molecule has 0 spiro atoms. The second-order valence-electron chi connectivity index (χ2n) is 9.69. The Kier molecular flexibility index (Phi) is 13.5. The average molecular weight is 599 g/mol. The van der Waals surface area contributed by atoms with Crippen molar-refractivity contribution < 1.29 is 53.4 Å². The maximum absolute atomic E-state index is 12.2. The van der Waals surface area contributed by atoms with Crippen LogP contribution in [0, 0.1) is 29.3 Å². The number of halogens is 3. The number of allylic oxidation sites excluding steroid dienone is 4. The molecule has 2 aliphatic rings. The normalized spacial score (nSPS) is 14.7.